The number of carbonyl (C=O) groups excluding carboxylic acids is 3. The zero-order valence-corrected chi connectivity index (χ0v) is 91.7. The first kappa shape index (κ1) is 139. The second-order valence-electron chi connectivity index (χ2n) is 42.2. The predicted octanol–water partition coefficient (Wildman–Crippen LogP) is 30.8. The molecule has 137 heavy (non-hydrogen) atoms. The van der Waals surface area contributed by atoms with E-state index in [1.54, 1.807) is 12.2 Å². The molecule has 0 spiro atoms. The Hall–Kier alpha value is -2.55. The molecule has 3 amide bonds. The van der Waals surface area contributed by atoms with Crippen LogP contribution in [0.15, 0.2) is 24.3 Å². The summed E-state index contributed by atoms with van der Waals surface area (Å²) in [6, 6.07) is -2.68. The second-order valence-corrected chi connectivity index (χ2v) is 42.2. The van der Waals surface area contributed by atoms with Gasteiger partial charge >= 0.3 is 0 Å². The van der Waals surface area contributed by atoms with E-state index in [9.17, 15) is 70.6 Å². The van der Waals surface area contributed by atoms with Crippen LogP contribution in [0.3, 0.4) is 0 Å². The summed E-state index contributed by atoms with van der Waals surface area (Å²) in [5.41, 5.74) is 0. The number of aliphatic hydroxyl groups excluding tert-OH is 11. The molecule has 11 atom stereocenters. The maximum atomic E-state index is 12.5. The van der Waals surface area contributed by atoms with Gasteiger partial charge in [-0.2, -0.15) is 0 Å². The number of aliphatic hydroxyl groups is 11. The first-order chi connectivity index (χ1) is 67.0. The fraction of sp³-hybridized carbons (Fsp3) is 0.942. The number of amides is 3. The molecule has 818 valence electrons. The average Bonchev–Trinajstić information content (AvgIpc) is 0.846. The van der Waals surface area contributed by atoms with Gasteiger partial charge in [0.25, 0.3) is 0 Å². The molecule has 0 saturated carbocycles. The van der Waals surface area contributed by atoms with Gasteiger partial charge in [-0.15, -0.1) is 0 Å². The normalized spacial score (nSPS) is 14.2. The highest BCUT2D eigenvalue weighted by atomic mass is 16.3. The lowest BCUT2D eigenvalue weighted by atomic mass is 9.99. The monoisotopic (exact) mass is 1950 g/mol. The van der Waals surface area contributed by atoms with Crippen molar-refractivity contribution in [3.63, 3.8) is 0 Å². The van der Waals surface area contributed by atoms with E-state index in [2.05, 4.69) is 57.5 Å². The van der Waals surface area contributed by atoms with Gasteiger partial charge in [0.1, 0.15) is 24.4 Å². The number of rotatable bonds is 109. The smallest absolute Gasteiger partial charge is 0.249 e. The quantitative estimate of drug-likeness (QED) is 0.0199. The van der Waals surface area contributed by atoms with Crippen molar-refractivity contribution >= 4 is 17.7 Å². The van der Waals surface area contributed by atoms with Crippen molar-refractivity contribution in [3.8, 4) is 0 Å². The molecule has 0 heterocycles. The van der Waals surface area contributed by atoms with Crippen LogP contribution < -0.4 is 16.0 Å². The van der Waals surface area contributed by atoms with Crippen molar-refractivity contribution in [2.75, 3.05) is 19.8 Å². The van der Waals surface area contributed by atoms with E-state index in [1.165, 1.54) is 468 Å². The summed E-state index contributed by atoms with van der Waals surface area (Å²) in [6.45, 7) is 12.3. The van der Waals surface area contributed by atoms with Gasteiger partial charge in [-0.05, 0) is 44.9 Å². The highest BCUT2D eigenvalue weighted by molar-refractivity contribution is 5.81. The second kappa shape index (κ2) is 115. The molecule has 0 aromatic rings. The standard InChI is InChI=1S/C40H79NO5.C40H81NO5.C40H79NO4/c1-3-5-7-9-11-13-15-16-17-18-19-20-21-22-24-26-28-30-32-39(45)40(46)41-37(35-42)38(44)34-33-36(43)31-29-27-25-23-14-12-10-8-6-4-2;1-3-5-7-9-11-13-15-17-18-19-20-21-22-24-26-28-30-32-34-38(44)40(46)41-36(35-42)39(45)37(43)33-31-29-27-25-23-16-14-12-10-8-6-4-2;1-3-5-7-9-11-13-15-17-18-19-20-21-23-25-27-29-31-33-35-39(44)40(45)41-37(36-42)38(43)34-32-30-28-26-24-22-16-14-12-10-8-6-4-2/h33-34,36-39,42-45H,3-32,35H2,1-2H3,(H,41,46);36-39,42-45H,3-35H2,1-2H3,(H,41,46);32,34,37-39,42-44H,3-31,33,35-36H2,1-2H3,(H,41,45)/b34-33+;;34-32+. The lowest BCUT2D eigenvalue weighted by Crippen LogP contribution is -2.53. The summed E-state index contributed by atoms with van der Waals surface area (Å²) in [6.07, 6.45) is 113. The van der Waals surface area contributed by atoms with E-state index in [4.69, 9.17) is 0 Å². The van der Waals surface area contributed by atoms with Gasteiger partial charge in [-0.25, -0.2) is 0 Å². The first-order valence-corrected chi connectivity index (χ1v) is 60.5. The molecule has 11 unspecified atom stereocenters. The van der Waals surface area contributed by atoms with E-state index in [0.29, 0.717) is 32.1 Å². The van der Waals surface area contributed by atoms with Crippen molar-refractivity contribution < 1.29 is 70.6 Å². The Morgan fingerprint density at radius 1 is 0.197 bits per heavy atom. The van der Waals surface area contributed by atoms with Gasteiger partial charge in [0.15, 0.2) is 0 Å². The Morgan fingerprint density at radius 2 is 0.365 bits per heavy atom. The van der Waals surface area contributed by atoms with Gasteiger partial charge in [0.05, 0.1) is 62.4 Å². The van der Waals surface area contributed by atoms with E-state index in [0.717, 1.165) is 103 Å². The van der Waals surface area contributed by atoms with Crippen LogP contribution >= 0.6 is 0 Å². The topological polar surface area (TPSA) is 310 Å². The summed E-state index contributed by atoms with van der Waals surface area (Å²) >= 11 is 0. The molecule has 0 aromatic carbocycles. The van der Waals surface area contributed by atoms with Crippen LogP contribution in [0.5, 0.6) is 0 Å². The highest BCUT2D eigenvalue weighted by Crippen LogP contribution is 2.24. The number of unbranched alkanes of at least 4 members (excludes halogenated alkanes) is 82. The molecule has 17 heteroatoms. The van der Waals surface area contributed by atoms with Crippen molar-refractivity contribution in [1.29, 1.82) is 0 Å². The Morgan fingerprint density at radius 3 is 0.569 bits per heavy atom. The number of nitrogens with one attached hydrogen (secondary N) is 3. The maximum Gasteiger partial charge on any atom is 0.249 e. The summed E-state index contributed by atoms with van der Waals surface area (Å²) in [5, 5.41) is 120. The lowest BCUT2D eigenvalue weighted by molar-refractivity contribution is -0.133. The molecule has 0 aromatic heterocycles. The molecule has 0 bridgehead atoms. The number of allylic oxidation sites excluding steroid dienone is 1. The number of hydrogen-bond acceptors (Lipinski definition) is 14. The zero-order valence-electron chi connectivity index (χ0n) is 91.7. The van der Waals surface area contributed by atoms with Gasteiger partial charge in [-0.3, -0.25) is 14.4 Å². The fourth-order valence-electron chi connectivity index (χ4n) is 18.9. The van der Waals surface area contributed by atoms with Crippen LogP contribution in [0, 0.1) is 0 Å². The minimum Gasteiger partial charge on any atom is -0.394 e. The van der Waals surface area contributed by atoms with E-state index in [1.807, 2.05) is 6.08 Å². The third-order valence-electron chi connectivity index (χ3n) is 28.7. The molecule has 0 fully saturated rings. The SMILES string of the molecule is CCCCCCCCCCCCC/C=C/C(O)C(CO)NC(=O)C(O)CCCCCCCCCCCCCCCCCCCC.CCCCCCCCCCCCCCCCCCCCC(O)C(=O)NC(CO)C(O)/C=C/C(O)CCCCCCCCCCCC.CCCCCCCCCCCCCCCCCCCCC(O)C(=O)NC(CO)C(O)C(O)CCCCCCCCCCCCCC. The Bertz CT molecular complexity index is 2410. The summed E-state index contributed by atoms with van der Waals surface area (Å²) in [5.74, 6) is -1.65. The Labute approximate surface area is 849 Å². The summed E-state index contributed by atoms with van der Waals surface area (Å²) in [7, 11) is 0. The molecule has 0 radical (unpaired) electrons. The molecular weight excluding hydrogens is 1710 g/mol. The van der Waals surface area contributed by atoms with Crippen molar-refractivity contribution in [3.05, 3.63) is 24.3 Å². The minimum atomic E-state index is -1.25. The van der Waals surface area contributed by atoms with Crippen molar-refractivity contribution in [2.24, 2.45) is 0 Å². The summed E-state index contributed by atoms with van der Waals surface area (Å²) < 4.78 is 0. The van der Waals surface area contributed by atoms with Gasteiger partial charge in [0, 0.05) is 0 Å². The molecule has 17 nitrogen and oxygen atoms in total. The maximum absolute atomic E-state index is 12.5. The van der Waals surface area contributed by atoms with Crippen LogP contribution in [0.1, 0.15) is 639 Å². The van der Waals surface area contributed by atoms with E-state index >= 15 is 0 Å². The lowest BCUT2D eigenvalue weighted by Gasteiger charge is -2.27. The van der Waals surface area contributed by atoms with Crippen molar-refractivity contribution in [1.82, 2.24) is 16.0 Å². The van der Waals surface area contributed by atoms with Gasteiger partial charge < -0.3 is 72.1 Å². The van der Waals surface area contributed by atoms with E-state index in [-0.39, 0.29) is 6.61 Å². The van der Waals surface area contributed by atoms with Crippen LogP contribution in [0.4, 0.5) is 0 Å². The highest BCUT2D eigenvalue weighted by Gasteiger charge is 2.30. The molecule has 0 aliphatic carbocycles. The molecule has 0 saturated heterocycles. The third-order valence-corrected chi connectivity index (χ3v) is 28.7. The molecular formula is C120H239N3O14. The molecule has 0 aliphatic heterocycles. The Kier molecular flexibility index (Phi) is 117. The van der Waals surface area contributed by atoms with Gasteiger partial charge in [0.2, 0.25) is 17.7 Å². The van der Waals surface area contributed by atoms with Crippen LogP contribution in [0.25, 0.3) is 0 Å². The predicted molar refractivity (Wildman–Crippen MR) is 587 cm³/mol. The van der Waals surface area contributed by atoms with Crippen LogP contribution in [-0.2, 0) is 14.4 Å². The molecule has 0 rings (SSSR count). The zero-order chi connectivity index (χ0) is 101. The van der Waals surface area contributed by atoms with E-state index < -0.39 is 97.9 Å². The van der Waals surface area contributed by atoms with Crippen LogP contribution in [-0.4, -0.2) is 161 Å². The van der Waals surface area contributed by atoms with Gasteiger partial charge in [-0.1, -0.05) is 618 Å². The minimum absolute atomic E-state index is 0.360. The van der Waals surface area contributed by atoms with Crippen LogP contribution in [0.2, 0.25) is 0 Å². The van der Waals surface area contributed by atoms with Crippen molar-refractivity contribution in [2.45, 2.75) is 706 Å². The number of hydrogen-bond donors (Lipinski definition) is 14. The molecule has 0 aliphatic rings. The Balaban J connectivity index is -0.00000197. The fourth-order valence-corrected chi connectivity index (χ4v) is 18.9. The number of carbonyl (C=O) groups is 3. The molecule has 14 N–H and O–H groups in total. The largest absolute Gasteiger partial charge is 0.394 e. The average molecular weight is 1950 g/mol. The first-order valence-electron chi connectivity index (χ1n) is 60.5. The third kappa shape index (κ3) is 103. The summed E-state index contributed by atoms with van der Waals surface area (Å²) in [4.78, 5) is 37.3.